The number of benzene rings is 1. The van der Waals surface area contributed by atoms with Crippen LogP contribution in [0.1, 0.15) is 36.8 Å². The molecular formula is C13H18N2O. The lowest BCUT2D eigenvalue weighted by Gasteiger charge is -1.94. The molecule has 1 aromatic carbocycles. The Balaban J connectivity index is 0.000000606. The van der Waals surface area contributed by atoms with Gasteiger partial charge < -0.3 is 10.7 Å². The molecule has 0 saturated heterocycles. The van der Waals surface area contributed by atoms with Crippen molar-refractivity contribution in [3.63, 3.8) is 0 Å². The summed E-state index contributed by atoms with van der Waals surface area (Å²) in [5.41, 5.74) is 7.97. The van der Waals surface area contributed by atoms with Crippen LogP contribution in [0.25, 0.3) is 10.9 Å². The predicted octanol–water partition coefficient (Wildman–Crippen LogP) is 2.86. The van der Waals surface area contributed by atoms with Gasteiger partial charge in [-0.25, -0.2) is 0 Å². The molecule has 1 heterocycles. The molecule has 0 fully saturated rings. The van der Waals surface area contributed by atoms with Crippen LogP contribution in [0.2, 0.25) is 0 Å². The van der Waals surface area contributed by atoms with Gasteiger partial charge in [0, 0.05) is 22.2 Å². The van der Waals surface area contributed by atoms with E-state index in [1.54, 1.807) is 6.07 Å². The van der Waals surface area contributed by atoms with Gasteiger partial charge in [-0.3, -0.25) is 4.79 Å². The molecule has 0 aliphatic carbocycles. The van der Waals surface area contributed by atoms with Gasteiger partial charge in [0.15, 0.2) is 0 Å². The highest BCUT2D eigenvalue weighted by molar-refractivity contribution is 5.97. The van der Waals surface area contributed by atoms with Crippen LogP contribution >= 0.6 is 0 Å². The first-order valence-corrected chi connectivity index (χ1v) is 5.62. The van der Waals surface area contributed by atoms with Crippen molar-refractivity contribution < 1.29 is 4.79 Å². The van der Waals surface area contributed by atoms with Gasteiger partial charge in [-0.2, -0.15) is 0 Å². The molecule has 2 rings (SSSR count). The molecule has 0 aliphatic rings. The molecule has 0 atom stereocenters. The fourth-order valence-electron chi connectivity index (χ4n) is 1.54. The summed E-state index contributed by atoms with van der Waals surface area (Å²) < 4.78 is 0. The summed E-state index contributed by atoms with van der Waals surface area (Å²) >= 11 is 0. The van der Waals surface area contributed by atoms with Crippen LogP contribution in [-0.2, 0) is 6.42 Å². The Bertz CT molecular complexity index is 486. The van der Waals surface area contributed by atoms with E-state index in [0.717, 1.165) is 17.3 Å². The van der Waals surface area contributed by atoms with Crippen LogP contribution in [0.3, 0.4) is 0 Å². The van der Waals surface area contributed by atoms with E-state index in [1.807, 2.05) is 32.0 Å². The predicted molar refractivity (Wildman–Crippen MR) is 67.5 cm³/mol. The second-order valence-corrected chi connectivity index (χ2v) is 3.31. The highest BCUT2D eigenvalue weighted by Crippen LogP contribution is 2.17. The largest absolute Gasteiger partial charge is 0.366 e. The lowest BCUT2D eigenvalue weighted by molar-refractivity contribution is 0.100. The van der Waals surface area contributed by atoms with Gasteiger partial charge in [0.1, 0.15) is 0 Å². The quantitative estimate of drug-likeness (QED) is 0.800. The molecule has 2 aromatic rings. The van der Waals surface area contributed by atoms with Crippen molar-refractivity contribution in [2.24, 2.45) is 5.73 Å². The highest BCUT2D eigenvalue weighted by atomic mass is 16.1. The zero-order chi connectivity index (χ0) is 12.1. The fourth-order valence-corrected chi connectivity index (χ4v) is 1.54. The lowest BCUT2D eigenvalue weighted by Crippen LogP contribution is -2.10. The van der Waals surface area contributed by atoms with Gasteiger partial charge in [-0.1, -0.05) is 20.8 Å². The lowest BCUT2D eigenvalue weighted by atomic mass is 10.1. The van der Waals surface area contributed by atoms with Crippen LogP contribution < -0.4 is 5.73 Å². The van der Waals surface area contributed by atoms with Crippen molar-refractivity contribution in [2.75, 3.05) is 0 Å². The van der Waals surface area contributed by atoms with Crippen molar-refractivity contribution in [3.05, 3.63) is 35.5 Å². The number of fused-ring (bicyclic) bond motifs is 1. The van der Waals surface area contributed by atoms with E-state index in [2.05, 4.69) is 11.9 Å². The Morgan fingerprint density at radius 1 is 1.31 bits per heavy atom. The number of primary amides is 1. The molecule has 3 N–H and O–H groups in total. The van der Waals surface area contributed by atoms with Crippen molar-refractivity contribution in [3.8, 4) is 0 Å². The van der Waals surface area contributed by atoms with Gasteiger partial charge in [-0.05, 0) is 30.7 Å². The standard InChI is InChI=1S/C11H12N2O.C2H6/c1-2-9-6-8-5-7(11(12)14)3-4-10(8)13-9;1-2/h3-6,13H,2H2,1H3,(H2,12,14);1-2H3. The van der Waals surface area contributed by atoms with E-state index in [0.29, 0.717) is 5.56 Å². The molecule has 16 heavy (non-hydrogen) atoms. The van der Waals surface area contributed by atoms with E-state index in [9.17, 15) is 4.79 Å². The molecule has 0 bridgehead atoms. The van der Waals surface area contributed by atoms with Crippen LogP contribution in [0.5, 0.6) is 0 Å². The number of amides is 1. The third kappa shape index (κ3) is 2.42. The SMILES string of the molecule is CC.CCc1cc2cc(C(N)=O)ccc2[nH]1. The Morgan fingerprint density at radius 2 is 2.00 bits per heavy atom. The summed E-state index contributed by atoms with van der Waals surface area (Å²) in [6.45, 7) is 6.08. The fraction of sp³-hybridized carbons (Fsp3) is 0.308. The van der Waals surface area contributed by atoms with Crippen molar-refractivity contribution in [1.29, 1.82) is 0 Å². The third-order valence-electron chi connectivity index (χ3n) is 2.34. The molecule has 0 unspecified atom stereocenters. The normalized spacial score (nSPS) is 9.69. The molecule has 86 valence electrons. The van der Waals surface area contributed by atoms with Crippen LogP contribution in [0.15, 0.2) is 24.3 Å². The number of hydrogen-bond acceptors (Lipinski definition) is 1. The Morgan fingerprint density at radius 3 is 2.56 bits per heavy atom. The van der Waals surface area contributed by atoms with E-state index in [1.165, 1.54) is 5.69 Å². The average Bonchev–Trinajstić information content (AvgIpc) is 2.73. The smallest absolute Gasteiger partial charge is 0.248 e. The third-order valence-corrected chi connectivity index (χ3v) is 2.34. The van der Waals surface area contributed by atoms with Crippen molar-refractivity contribution >= 4 is 16.8 Å². The number of nitrogens with two attached hydrogens (primary N) is 1. The Hall–Kier alpha value is -1.77. The maximum Gasteiger partial charge on any atom is 0.248 e. The molecule has 1 amide bonds. The molecule has 3 nitrogen and oxygen atoms in total. The number of H-pyrrole nitrogens is 1. The maximum absolute atomic E-state index is 10.9. The van der Waals surface area contributed by atoms with Gasteiger partial charge in [0.2, 0.25) is 5.91 Å². The van der Waals surface area contributed by atoms with Gasteiger partial charge in [0.05, 0.1) is 0 Å². The number of carbonyl (C=O) groups excluding carboxylic acids is 1. The van der Waals surface area contributed by atoms with Crippen molar-refractivity contribution in [1.82, 2.24) is 4.98 Å². The minimum Gasteiger partial charge on any atom is -0.366 e. The number of nitrogens with one attached hydrogen (secondary N) is 1. The zero-order valence-electron chi connectivity index (χ0n) is 10.0. The summed E-state index contributed by atoms with van der Waals surface area (Å²) in [5.74, 6) is -0.383. The first-order chi connectivity index (χ1) is 7.70. The van der Waals surface area contributed by atoms with Gasteiger partial charge in [-0.15, -0.1) is 0 Å². The first kappa shape index (κ1) is 12.3. The summed E-state index contributed by atoms with van der Waals surface area (Å²) in [4.78, 5) is 14.2. The van der Waals surface area contributed by atoms with E-state index < -0.39 is 0 Å². The molecule has 1 aromatic heterocycles. The topological polar surface area (TPSA) is 58.9 Å². The first-order valence-electron chi connectivity index (χ1n) is 5.62. The number of aryl methyl sites for hydroxylation is 1. The Labute approximate surface area is 95.7 Å². The number of aromatic amines is 1. The molecule has 0 radical (unpaired) electrons. The van der Waals surface area contributed by atoms with E-state index >= 15 is 0 Å². The summed E-state index contributed by atoms with van der Waals surface area (Å²) in [6.07, 6.45) is 0.959. The molecular weight excluding hydrogens is 200 g/mol. The number of carbonyl (C=O) groups is 1. The van der Waals surface area contributed by atoms with Crippen LogP contribution in [0.4, 0.5) is 0 Å². The van der Waals surface area contributed by atoms with Gasteiger partial charge in [0.25, 0.3) is 0 Å². The molecule has 3 heteroatoms. The number of rotatable bonds is 2. The zero-order valence-corrected chi connectivity index (χ0v) is 10.0. The summed E-state index contributed by atoms with van der Waals surface area (Å²) in [5, 5.41) is 1.04. The van der Waals surface area contributed by atoms with E-state index in [4.69, 9.17) is 5.73 Å². The molecule has 0 aliphatic heterocycles. The van der Waals surface area contributed by atoms with Crippen molar-refractivity contribution in [2.45, 2.75) is 27.2 Å². The summed E-state index contributed by atoms with van der Waals surface area (Å²) in [6, 6.07) is 7.48. The maximum atomic E-state index is 10.9. The number of aromatic nitrogens is 1. The average molecular weight is 218 g/mol. The molecule has 0 saturated carbocycles. The second kappa shape index (κ2) is 5.35. The number of hydrogen-bond donors (Lipinski definition) is 2. The van der Waals surface area contributed by atoms with E-state index in [-0.39, 0.29) is 5.91 Å². The monoisotopic (exact) mass is 218 g/mol. The molecule has 0 spiro atoms. The Kier molecular flexibility index (Phi) is 4.11. The second-order valence-electron chi connectivity index (χ2n) is 3.31. The van der Waals surface area contributed by atoms with Crippen LogP contribution in [-0.4, -0.2) is 10.9 Å². The minimum atomic E-state index is -0.383. The van der Waals surface area contributed by atoms with Crippen LogP contribution in [0, 0.1) is 0 Å². The highest BCUT2D eigenvalue weighted by Gasteiger charge is 2.03. The minimum absolute atomic E-state index is 0.383. The summed E-state index contributed by atoms with van der Waals surface area (Å²) in [7, 11) is 0. The van der Waals surface area contributed by atoms with Gasteiger partial charge >= 0.3 is 0 Å².